The van der Waals surface area contributed by atoms with Gasteiger partial charge in [-0.15, -0.1) is 6.42 Å². The molecule has 0 N–H and O–H groups in total. The molecule has 0 aliphatic heterocycles. The fourth-order valence-corrected chi connectivity index (χ4v) is 4.51. The Morgan fingerprint density at radius 1 is 1.35 bits per heavy atom. The molecule has 92 valence electrons. The van der Waals surface area contributed by atoms with E-state index >= 15 is 0 Å². The first-order chi connectivity index (χ1) is 8.27. The fraction of sp³-hybridized carbons (Fsp3) is 0.800. The summed E-state index contributed by atoms with van der Waals surface area (Å²) in [4.78, 5) is 14.4. The van der Waals surface area contributed by atoms with Gasteiger partial charge in [0.05, 0.1) is 6.54 Å². The van der Waals surface area contributed by atoms with Gasteiger partial charge in [0.1, 0.15) is 0 Å². The van der Waals surface area contributed by atoms with Crippen LogP contribution < -0.4 is 0 Å². The monoisotopic (exact) mass is 231 g/mol. The minimum Gasteiger partial charge on any atom is -0.331 e. The summed E-state index contributed by atoms with van der Waals surface area (Å²) in [6, 6.07) is 0. The van der Waals surface area contributed by atoms with E-state index in [1.54, 1.807) is 0 Å². The highest BCUT2D eigenvalue weighted by Crippen LogP contribution is 2.69. The first kappa shape index (κ1) is 11.1. The molecule has 4 atom stereocenters. The molecule has 0 radical (unpaired) electrons. The number of amides is 1. The van der Waals surface area contributed by atoms with Crippen LogP contribution in [0.3, 0.4) is 0 Å². The molecular formula is C15H21NO. The van der Waals surface area contributed by atoms with Crippen LogP contribution >= 0.6 is 0 Å². The summed E-state index contributed by atoms with van der Waals surface area (Å²) in [5.41, 5.74) is 0. The number of hydrogen-bond acceptors (Lipinski definition) is 1. The molecule has 2 nitrogen and oxygen atoms in total. The zero-order valence-corrected chi connectivity index (χ0v) is 10.6. The van der Waals surface area contributed by atoms with Crippen LogP contribution in [0, 0.1) is 41.9 Å². The normalized spacial score (nSPS) is 40.8. The summed E-state index contributed by atoms with van der Waals surface area (Å²) in [7, 11) is 0. The molecule has 0 aromatic heterocycles. The van der Waals surface area contributed by atoms with Crippen molar-refractivity contribution in [2.75, 3.05) is 13.1 Å². The summed E-state index contributed by atoms with van der Waals surface area (Å²) in [6.45, 7) is 3.43. The maximum atomic E-state index is 12.4. The third kappa shape index (κ3) is 1.59. The van der Waals surface area contributed by atoms with Crippen molar-refractivity contribution in [2.45, 2.75) is 32.6 Å². The first-order valence-corrected chi connectivity index (χ1v) is 7.00. The molecule has 0 heterocycles. The number of fused-ring (bicyclic) bond motifs is 5. The van der Waals surface area contributed by atoms with Crippen LogP contribution in [0.25, 0.3) is 0 Å². The minimum atomic E-state index is 0.348. The molecule has 2 bridgehead atoms. The lowest BCUT2D eigenvalue weighted by molar-refractivity contribution is -0.133. The largest absolute Gasteiger partial charge is 0.331 e. The number of rotatable bonds is 4. The lowest BCUT2D eigenvalue weighted by Crippen LogP contribution is -2.34. The molecule has 4 unspecified atom stereocenters. The SMILES string of the molecule is C#CCN(CCC)C(=O)C1C2C3CCC(C3)C12. The zero-order chi connectivity index (χ0) is 12.0. The van der Waals surface area contributed by atoms with Gasteiger partial charge in [-0.05, 0) is 49.4 Å². The summed E-state index contributed by atoms with van der Waals surface area (Å²) < 4.78 is 0. The molecule has 0 aromatic rings. The van der Waals surface area contributed by atoms with Crippen LogP contribution in [-0.4, -0.2) is 23.9 Å². The Bertz CT molecular complexity index is 354. The van der Waals surface area contributed by atoms with Gasteiger partial charge in [-0.3, -0.25) is 4.79 Å². The van der Waals surface area contributed by atoms with Crippen LogP contribution in [-0.2, 0) is 4.79 Å². The Morgan fingerprint density at radius 2 is 2.00 bits per heavy atom. The number of hydrogen-bond donors (Lipinski definition) is 0. The topological polar surface area (TPSA) is 20.3 Å². The van der Waals surface area contributed by atoms with E-state index in [4.69, 9.17) is 6.42 Å². The van der Waals surface area contributed by atoms with E-state index in [1.165, 1.54) is 19.3 Å². The smallest absolute Gasteiger partial charge is 0.227 e. The standard InChI is InChI=1S/C15H21NO/c1-3-7-16(8-4-2)15(17)14-12-10-5-6-11(9-10)13(12)14/h1,10-14H,4-9H2,2H3. The van der Waals surface area contributed by atoms with E-state index in [9.17, 15) is 4.79 Å². The van der Waals surface area contributed by atoms with E-state index in [2.05, 4.69) is 12.8 Å². The van der Waals surface area contributed by atoms with Crippen molar-refractivity contribution in [1.82, 2.24) is 4.90 Å². The summed E-state index contributed by atoms with van der Waals surface area (Å²) in [6.07, 6.45) is 10.5. The van der Waals surface area contributed by atoms with Gasteiger partial charge in [-0.2, -0.15) is 0 Å². The third-order valence-electron chi connectivity index (χ3n) is 5.11. The molecule has 3 aliphatic carbocycles. The quantitative estimate of drug-likeness (QED) is 0.679. The molecule has 0 aromatic carbocycles. The van der Waals surface area contributed by atoms with Crippen LogP contribution in [0.15, 0.2) is 0 Å². The average Bonchev–Trinajstić information content (AvgIpc) is 2.76. The molecule has 0 spiro atoms. The maximum absolute atomic E-state index is 12.4. The van der Waals surface area contributed by atoms with E-state index in [1.807, 2.05) is 4.90 Å². The highest BCUT2D eigenvalue weighted by Gasteiger charge is 2.67. The van der Waals surface area contributed by atoms with Gasteiger partial charge in [0, 0.05) is 12.5 Å². The fourth-order valence-electron chi connectivity index (χ4n) is 4.51. The van der Waals surface area contributed by atoms with Crippen molar-refractivity contribution >= 4 is 5.91 Å². The van der Waals surface area contributed by atoms with Gasteiger partial charge in [-0.1, -0.05) is 12.8 Å². The molecule has 2 heteroatoms. The van der Waals surface area contributed by atoms with Crippen LogP contribution in [0.4, 0.5) is 0 Å². The Balaban J connectivity index is 1.66. The van der Waals surface area contributed by atoms with Crippen molar-refractivity contribution in [1.29, 1.82) is 0 Å². The highest BCUT2D eigenvalue weighted by atomic mass is 16.2. The van der Waals surface area contributed by atoms with E-state index < -0.39 is 0 Å². The third-order valence-corrected chi connectivity index (χ3v) is 5.11. The van der Waals surface area contributed by atoms with Crippen LogP contribution in [0.1, 0.15) is 32.6 Å². The molecular weight excluding hydrogens is 210 g/mol. The van der Waals surface area contributed by atoms with Gasteiger partial charge in [-0.25, -0.2) is 0 Å². The predicted molar refractivity (Wildman–Crippen MR) is 67.0 cm³/mol. The Kier molecular flexibility index (Phi) is 2.65. The molecule has 17 heavy (non-hydrogen) atoms. The molecule has 3 saturated carbocycles. The van der Waals surface area contributed by atoms with Gasteiger partial charge in [0.15, 0.2) is 0 Å². The molecule has 1 amide bonds. The van der Waals surface area contributed by atoms with Crippen LogP contribution in [0.2, 0.25) is 0 Å². The highest BCUT2D eigenvalue weighted by molar-refractivity contribution is 5.83. The second kappa shape index (κ2) is 4.05. The average molecular weight is 231 g/mol. The van der Waals surface area contributed by atoms with Gasteiger partial charge in [0.2, 0.25) is 5.91 Å². The molecule has 3 rings (SSSR count). The second-order valence-electron chi connectivity index (χ2n) is 5.98. The van der Waals surface area contributed by atoms with Gasteiger partial charge >= 0.3 is 0 Å². The Morgan fingerprint density at radius 3 is 2.53 bits per heavy atom. The van der Waals surface area contributed by atoms with Crippen molar-refractivity contribution in [3.05, 3.63) is 0 Å². The number of carbonyl (C=O) groups excluding carboxylic acids is 1. The lowest BCUT2D eigenvalue weighted by Gasteiger charge is -2.21. The summed E-state index contributed by atoms with van der Waals surface area (Å²) >= 11 is 0. The number of terminal acetylenes is 1. The molecule has 3 fully saturated rings. The zero-order valence-electron chi connectivity index (χ0n) is 10.6. The lowest BCUT2D eigenvalue weighted by atomic mass is 10.0. The predicted octanol–water partition coefficient (Wildman–Crippen LogP) is 2.15. The van der Waals surface area contributed by atoms with Crippen molar-refractivity contribution in [3.8, 4) is 12.3 Å². The Labute approximate surface area is 104 Å². The summed E-state index contributed by atoms with van der Waals surface area (Å²) in [5, 5.41) is 0. The van der Waals surface area contributed by atoms with E-state index in [-0.39, 0.29) is 0 Å². The Hall–Kier alpha value is -0.970. The van der Waals surface area contributed by atoms with Gasteiger partial charge in [0.25, 0.3) is 0 Å². The first-order valence-electron chi connectivity index (χ1n) is 7.00. The van der Waals surface area contributed by atoms with Crippen LogP contribution in [0.5, 0.6) is 0 Å². The second-order valence-corrected chi connectivity index (χ2v) is 5.98. The van der Waals surface area contributed by atoms with E-state index in [0.717, 1.165) is 36.6 Å². The number of nitrogens with zero attached hydrogens (tertiary/aromatic N) is 1. The van der Waals surface area contributed by atoms with Gasteiger partial charge < -0.3 is 4.90 Å². The van der Waals surface area contributed by atoms with Crippen molar-refractivity contribution in [3.63, 3.8) is 0 Å². The van der Waals surface area contributed by atoms with E-state index in [0.29, 0.717) is 18.4 Å². The minimum absolute atomic E-state index is 0.348. The molecule has 0 saturated heterocycles. The maximum Gasteiger partial charge on any atom is 0.227 e. The van der Waals surface area contributed by atoms with Crippen molar-refractivity contribution in [2.24, 2.45) is 29.6 Å². The van der Waals surface area contributed by atoms with Crippen molar-refractivity contribution < 1.29 is 4.79 Å². The summed E-state index contributed by atoms with van der Waals surface area (Å²) in [5.74, 6) is 6.54. The molecule has 3 aliphatic rings. The number of carbonyl (C=O) groups is 1.